The Morgan fingerprint density at radius 3 is 3.00 bits per heavy atom. The molecule has 0 saturated carbocycles. The average molecular weight is 308 g/mol. The van der Waals surface area contributed by atoms with Crippen molar-refractivity contribution < 1.29 is 4.79 Å². The molecule has 23 heavy (non-hydrogen) atoms. The molecule has 3 aromatic rings. The minimum Gasteiger partial charge on any atom is -0.351 e. The third-order valence-corrected chi connectivity index (χ3v) is 4.63. The number of nitrogens with zero attached hydrogens (tertiary/aromatic N) is 3. The fraction of sp³-hybridized carbons (Fsp3) is 0.333. The Kier molecular flexibility index (Phi) is 3.22. The van der Waals surface area contributed by atoms with Crippen molar-refractivity contribution in [3.05, 3.63) is 53.5 Å². The number of benzene rings is 1. The van der Waals surface area contributed by atoms with Crippen molar-refractivity contribution in [2.45, 2.75) is 25.8 Å². The van der Waals surface area contributed by atoms with E-state index in [1.165, 1.54) is 5.56 Å². The highest BCUT2D eigenvalue weighted by atomic mass is 16.2. The van der Waals surface area contributed by atoms with Crippen LogP contribution in [0.4, 0.5) is 0 Å². The van der Waals surface area contributed by atoms with Crippen molar-refractivity contribution in [3.8, 4) is 0 Å². The van der Waals surface area contributed by atoms with Gasteiger partial charge in [0, 0.05) is 36.3 Å². The number of H-pyrrole nitrogens is 1. The van der Waals surface area contributed by atoms with Crippen LogP contribution in [-0.4, -0.2) is 32.1 Å². The summed E-state index contributed by atoms with van der Waals surface area (Å²) in [7, 11) is 1.91. The molecule has 1 aliphatic heterocycles. The van der Waals surface area contributed by atoms with Gasteiger partial charge in [-0.15, -0.1) is 0 Å². The van der Waals surface area contributed by atoms with E-state index in [4.69, 9.17) is 0 Å². The summed E-state index contributed by atoms with van der Waals surface area (Å²) in [4.78, 5) is 18.2. The van der Waals surface area contributed by atoms with Gasteiger partial charge in [0.05, 0.1) is 12.2 Å². The van der Waals surface area contributed by atoms with E-state index in [0.717, 1.165) is 35.9 Å². The zero-order valence-electron chi connectivity index (χ0n) is 13.4. The number of aromatic nitrogens is 3. The first-order valence-corrected chi connectivity index (χ1v) is 8.01. The Morgan fingerprint density at radius 2 is 2.22 bits per heavy atom. The third kappa shape index (κ3) is 2.42. The average Bonchev–Trinajstić information content (AvgIpc) is 3.23. The second-order valence-corrected chi connectivity index (χ2v) is 6.38. The first kappa shape index (κ1) is 14.1. The molecule has 0 radical (unpaired) electrons. The van der Waals surface area contributed by atoms with Crippen LogP contribution in [0, 0.1) is 6.92 Å². The second kappa shape index (κ2) is 5.26. The first-order valence-electron chi connectivity index (χ1n) is 8.01. The van der Waals surface area contributed by atoms with Gasteiger partial charge >= 0.3 is 0 Å². The van der Waals surface area contributed by atoms with Gasteiger partial charge in [0.2, 0.25) is 0 Å². The molecule has 1 amide bonds. The molecule has 1 fully saturated rings. The maximum Gasteiger partial charge on any atom is 0.270 e. The van der Waals surface area contributed by atoms with E-state index in [2.05, 4.69) is 35.2 Å². The molecule has 2 aromatic heterocycles. The van der Waals surface area contributed by atoms with E-state index in [9.17, 15) is 4.79 Å². The predicted octanol–water partition coefficient (Wildman–Crippen LogP) is 3.19. The van der Waals surface area contributed by atoms with Crippen LogP contribution in [0.2, 0.25) is 0 Å². The van der Waals surface area contributed by atoms with E-state index in [1.807, 2.05) is 30.4 Å². The number of nitrogens with one attached hydrogen (secondary N) is 1. The molecule has 1 N–H and O–H groups in total. The zero-order chi connectivity index (χ0) is 16.0. The van der Waals surface area contributed by atoms with Gasteiger partial charge in [-0.2, -0.15) is 5.10 Å². The van der Waals surface area contributed by atoms with E-state index in [-0.39, 0.29) is 11.9 Å². The fourth-order valence-electron chi connectivity index (χ4n) is 3.48. The molecule has 1 saturated heterocycles. The topological polar surface area (TPSA) is 53.9 Å². The lowest BCUT2D eigenvalue weighted by atomic mass is 10.1. The van der Waals surface area contributed by atoms with E-state index in [0.29, 0.717) is 5.69 Å². The Hall–Kier alpha value is -2.56. The maximum absolute atomic E-state index is 13.0. The minimum atomic E-state index is 0.0743. The Labute approximate surface area is 134 Å². The zero-order valence-corrected chi connectivity index (χ0v) is 13.4. The van der Waals surface area contributed by atoms with E-state index in [1.54, 1.807) is 4.68 Å². The molecule has 3 heterocycles. The number of rotatable bonds is 2. The summed E-state index contributed by atoms with van der Waals surface area (Å²) >= 11 is 0. The summed E-state index contributed by atoms with van der Waals surface area (Å²) in [5.74, 6) is 0.0743. The molecule has 4 rings (SSSR count). The smallest absolute Gasteiger partial charge is 0.270 e. The summed E-state index contributed by atoms with van der Waals surface area (Å²) < 4.78 is 1.79. The summed E-state index contributed by atoms with van der Waals surface area (Å²) in [6, 6.07) is 8.29. The van der Waals surface area contributed by atoms with Crippen LogP contribution >= 0.6 is 0 Å². The monoisotopic (exact) mass is 308 g/mol. The van der Waals surface area contributed by atoms with Crippen molar-refractivity contribution in [2.24, 2.45) is 7.05 Å². The summed E-state index contributed by atoms with van der Waals surface area (Å²) in [5.41, 5.74) is 3.99. The van der Waals surface area contributed by atoms with Gasteiger partial charge in [0.25, 0.3) is 5.91 Å². The summed E-state index contributed by atoms with van der Waals surface area (Å²) in [5, 5.41) is 5.32. The van der Waals surface area contributed by atoms with Crippen LogP contribution in [0.3, 0.4) is 0 Å². The predicted molar refractivity (Wildman–Crippen MR) is 89.3 cm³/mol. The highest BCUT2D eigenvalue weighted by Gasteiger charge is 2.32. The van der Waals surface area contributed by atoms with Gasteiger partial charge in [0.1, 0.15) is 5.69 Å². The SMILES string of the molecule is Cc1ccc2cc(C(=O)N3CCC[C@@H]3c3cnn(C)c3)[nH]c2c1. The highest BCUT2D eigenvalue weighted by molar-refractivity contribution is 5.98. The van der Waals surface area contributed by atoms with Gasteiger partial charge in [-0.1, -0.05) is 12.1 Å². The van der Waals surface area contributed by atoms with Crippen LogP contribution in [0.15, 0.2) is 36.7 Å². The molecule has 0 bridgehead atoms. The molecule has 5 heteroatoms. The molecule has 1 aromatic carbocycles. The summed E-state index contributed by atoms with van der Waals surface area (Å²) in [6.07, 6.45) is 5.90. The van der Waals surface area contributed by atoms with Crippen LogP contribution in [-0.2, 0) is 7.05 Å². The number of amides is 1. The first-order chi connectivity index (χ1) is 11.1. The van der Waals surface area contributed by atoms with Crippen molar-refractivity contribution in [1.29, 1.82) is 0 Å². The van der Waals surface area contributed by atoms with Crippen molar-refractivity contribution in [3.63, 3.8) is 0 Å². The number of fused-ring (bicyclic) bond motifs is 1. The van der Waals surface area contributed by atoms with Crippen LogP contribution in [0.25, 0.3) is 10.9 Å². The number of hydrogen-bond donors (Lipinski definition) is 1. The minimum absolute atomic E-state index is 0.0743. The van der Waals surface area contributed by atoms with Crippen molar-refractivity contribution >= 4 is 16.8 Å². The highest BCUT2D eigenvalue weighted by Crippen LogP contribution is 2.33. The Balaban J connectivity index is 1.66. The number of aromatic amines is 1. The van der Waals surface area contributed by atoms with Gasteiger partial charge in [-0.3, -0.25) is 9.48 Å². The molecule has 5 nitrogen and oxygen atoms in total. The number of hydrogen-bond acceptors (Lipinski definition) is 2. The molecule has 0 aliphatic carbocycles. The lowest BCUT2D eigenvalue weighted by Crippen LogP contribution is -2.30. The van der Waals surface area contributed by atoms with E-state index < -0.39 is 0 Å². The van der Waals surface area contributed by atoms with Crippen LogP contribution in [0.5, 0.6) is 0 Å². The molecule has 1 atom stereocenters. The Morgan fingerprint density at radius 1 is 1.35 bits per heavy atom. The third-order valence-electron chi connectivity index (χ3n) is 4.63. The number of aryl methyl sites for hydroxylation is 2. The molecule has 0 unspecified atom stereocenters. The van der Waals surface area contributed by atoms with Crippen molar-refractivity contribution in [2.75, 3.05) is 6.54 Å². The second-order valence-electron chi connectivity index (χ2n) is 6.38. The number of likely N-dealkylation sites (tertiary alicyclic amines) is 1. The fourth-order valence-corrected chi connectivity index (χ4v) is 3.48. The lowest BCUT2D eigenvalue weighted by Gasteiger charge is -2.23. The Bertz CT molecular complexity index is 876. The van der Waals surface area contributed by atoms with Crippen molar-refractivity contribution in [1.82, 2.24) is 19.7 Å². The van der Waals surface area contributed by atoms with Gasteiger partial charge in [0.15, 0.2) is 0 Å². The maximum atomic E-state index is 13.0. The molecule has 1 aliphatic rings. The van der Waals surface area contributed by atoms with Gasteiger partial charge in [-0.05, 0) is 37.5 Å². The van der Waals surface area contributed by atoms with Gasteiger partial charge in [-0.25, -0.2) is 0 Å². The van der Waals surface area contributed by atoms with E-state index >= 15 is 0 Å². The standard InChI is InChI=1S/C18H20N4O/c1-12-5-6-13-9-16(20-15(13)8-12)18(23)22-7-3-4-17(22)14-10-19-21(2)11-14/h5-6,8-11,17,20H,3-4,7H2,1-2H3/t17-/m1/s1. The molecular formula is C18H20N4O. The number of carbonyl (C=O) groups is 1. The molecule has 118 valence electrons. The van der Waals surface area contributed by atoms with Crippen LogP contribution < -0.4 is 0 Å². The quantitative estimate of drug-likeness (QED) is 0.790. The normalized spacial score (nSPS) is 18.0. The van der Waals surface area contributed by atoms with Crippen LogP contribution in [0.1, 0.15) is 40.5 Å². The molecular weight excluding hydrogens is 288 g/mol. The molecule has 0 spiro atoms. The number of carbonyl (C=O) groups excluding carboxylic acids is 1. The largest absolute Gasteiger partial charge is 0.351 e. The lowest BCUT2D eigenvalue weighted by molar-refractivity contribution is 0.0730. The summed E-state index contributed by atoms with van der Waals surface area (Å²) in [6.45, 7) is 2.85. The van der Waals surface area contributed by atoms with Gasteiger partial charge < -0.3 is 9.88 Å².